The van der Waals surface area contributed by atoms with Crippen molar-refractivity contribution in [3.63, 3.8) is 0 Å². The Morgan fingerprint density at radius 2 is 1.83 bits per heavy atom. The summed E-state index contributed by atoms with van der Waals surface area (Å²) in [6.07, 6.45) is -7.19. The van der Waals surface area contributed by atoms with Crippen LogP contribution < -0.4 is 5.32 Å². The number of carbonyl (C=O) groups excluding carboxylic acids is 1. The van der Waals surface area contributed by atoms with Crippen LogP contribution >= 0.6 is 0 Å². The normalized spacial score (nSPS) is 24.5. The molecule has 2 bridgehead atoms. The van der Waals surface area contributed by atoms with Gasteiger partial charge in [-0.15, -0.1) is 0 Å². The zero-order chi connectivity index (χ0) is 28.6. The van der Waals surface area contributed by atoms with Crippen molar-refractivity contribution >= 4 is 22.9 Å². The molecule has 3 atom stereocenters. The molecule has 0 aromatic carbocycles. The summed E-state index contributed by atoms with van der Waals surface area (Å²) < 4.78 is 114. The summed E-state index contributed by atoms with van der Waals surface area (Å²) in [7, 11) is 0. The van der Waals surface area contributed by atoms with E-state index in [-0.39, 0.29) is 29.8 Å². The van der Waals surface area contributed by atoms with Gasteiger partial charge < -0.3 is 19.7 Å². The van der Waals surface area contributed by atoms with Gasteiger partial charge in [0, 0.05) is 33.8 Å². The van der Waals surface area contributed by atoms with E-state index in [0.717, 1.165) is 23.0 Å². The Labute approximate surface area is 197 Å². The zero-order valence-electron chi connectivity index (χ0n) is 20.7. The second-order valence-electron chi connectivity index (χ2n) is 8.01. The fraction of sp³-hybridized carbons (Fsp3) is 0.550. The fourth-order valence-electron chi connectivity index (χ4n) is 3.94. The molecule has 1 amide bonds. The van der Waals surface area contributed by atoms with Crippen LogP contribution in [0.25, 0.3) is 11.0 Å². The summed E-state index contributed by atoms with van der Waals surface area (Å²) in [6, 6.07) is -0.260. The number of hydrogen-bond acceptors (Lipinski definition) is 5. The van der Waals surface area contributed by atoms with E-state index in [1.807, 2.05) is 0 Å². The molecule has 0 spiro atoms. The summed E-state index contributed by atoms with van der Waals surface area (Å²) in [5, 5.41) is 9.88. The van der Waals surface area contributed by atoms with Crippen molar-refractivity contribution in [2.45, 2.75) is 49.9 Å². The predicted octanol–water partition coefficient (Wildman–Crippen LogP) is 2.96. The Bertz CT molecular complexity index is 1170. The fourth-order valence-corrected chi connectivity index (χ4v) is 3.94. The van der Waals surface area contributed by atoms with Crippen molar-refractivity contribution < 1.29 is 54.3 Å². The number of halogens is 7. The summed E-state index contributed by atoms with van der Waals surface area (Å²) in [6.45, 7) is -3.24. The van der Waals surface area contributed by atoms with Crippen LogP contribution in [0.15, 0.2) is 18.5 Å². The van der Waals surface area contributed by atoms with E-state index >= 15 is 0 Å². The molecule has 4 rings (SSSR count). The lowest BCUT2D eigenvalue weighted by atomic mass is 9.90. The lowest BCUT2D eigenvalue weighted by molar-refractivity contribution is -0.192. The average molecular weight is 517 g/mol. The molecule has 0 aliphatic carbocycles. The molecule has 194 valence electrons. The number of carbonyl (C=O) groups is 2. The van der Waals surface area contributed by atoms with Gasteiger partial charge in [0.05, 0.1) is 25.0 Å². The number of ether oxygens (including phenoxy) is 1. The van der Waals surface area contributed by atoms with Crippen LogP contribution in [-0.4, -0.2) is 82.1 Å². The smallest absolute Gasteiger partial charge is 0.475 e. The number of pyridine rings is 1. The molecule has 15 heteroatoms. The topological polar surface area (TPSA) is 96.7 Å². The van der Waals surface area contributed by atoms with Gasteiger partial charge in [0.15, 0.2) is 0 Å². The first-order chi connectivity index (χ1) is 17.4. The largest absolute Gasteiger partial charge is 0.490 e. The number of nitrogens with one attached hydrogen (secondary N) is 1. The summed E-state index contributed by atoms with van der Waals surface area (Å²) in [5.74, 6) is -4.19. The summed E-state index contributed by atoms with van der Waals surface area (Å²) >= 11 is 0. The minimum absolute atomic E-state index is 0.0230. The van der Waals surface area contributed by atoms with Crippen LogP contribution in [0, 0.1) is 5.82 Å². The molecule has 0 saturated carbocycles. The highest BCUT2D eigenvalue weighted by molar-refractivity contribution is 6.06. The second kappa shape index (κ2) is 9.97. The molecule has 4 heterocycles. The van der Waals surface area contributed by atoms with Gasteiger partial charge in [0.2, 0.25) is 0 Å². The van der Waals surface area contributed by atoms with Gasteiger partial charge in [0.1, 0.15) is 18.0 Å². The van der Waals surface area contributed by atoms with Gasteiger partial charge >= 0.3 is 18.3 Å². The van der Waals surface area contributed by atoms with Gasteiger partial charge in [-0.2, -0.15) is 26.3 Å². The molecule has 2 aromatic rings. The predicted molar refractivity (Wildman–Crippen MR) is 106 cm³/mol. The van der Waals surface area contributed by atoms with E-state index in [1.54, 1.807) is 0 Å². The zero-order valence-corrected chi connectivity index (χ0v) is 17.7. The monoisotopic (exact) mass is 517 g/mol. The van der Waals surface area contributed by atoms with Gasteiger partial charge in [-0.25, -0.2) is 14.2 Å². The van der Waals surface area contributed by atoms with E-state index in [2.05, 4.69) is 10.3 Å². The van der Waals surface area contributed by atoms with Crippen LogP contribution in [0.3, 0.4) is 0 Å². The van der Waals surface area contributed by atoms with E-state index in [0.29, 0.717) is 12.8 Å². The second-order valence-corrected chi connectivity index (χ2v) is 8.01. The number of amides is 1. The molecule has 8 nitrogen and oxygen atoms in total. The van der Waals surface area contributed by atoms with Crippen LogP contribution in [0.4, 0.5) is 30.7 Å². The standard InChI is InChI=1S/C18H20F4N4O2.C2HF3O2/c1-25-12-3-11(4-13(25)8-28-7-12)24-17(27)15-6-26(9-18(20,21)22)16-14(15)2-10(19)5-23-16;3-2(4,5)1(6)7/h2,5-6,11-13H,3-4,7-9H2,1H3,(H,24,27);(H,6,7)/t11?,12-,13+;/i1D3;. The van der Waals surface area contributed by atoms with Gasteiger partial charge in [-0.1, -0.05) is 0 Å². The molecule has 0 radical (unpaired) electrons. The molecular formula is C20H21F7N4O4. The minimum atomic E-state index is -5.08. The maximum absolute atomic E-state index is 13.7. The number of likely N-dealkylation sites (N-methyl/N-ethyl adjacent to an activating group) is 1. The molecular weight excluding hydrogens is 493 g/mol. The number of hydrogen-bond donors (Lipinski definition) is 2. The highest BCUT2D eigenvalue weighted by Gasteiger charge is 2.39. The van der Waals surface area contributed by atoms with Crippen LogP contribution in [-0.2, 0) is 16.1 Å². The number of aromatic nitrogens is 2. The third-order valence-electron chi connectivity index (χ3n) is 5.37. The van der Waals surface area contributed by atoms with Crippen molar-refractivity contribution in [3.05, 3.63) is 29.8 Å². The van der Waals surface area contributed by atoms with Crippen molar-refractivity contribution in [2.75, 3.05) is 20.2 Å². The number of carboxylic acids is 1. The molecule has 2 saturated heterocycles. The van der Waals surface area contributed by atoms with Gasteiger partial charge in [0.25, 0.3) is 5.91 Å². The van der Waals surface area contributed by atoms with Crippen LogP contribution in [0.5, 0.6) is 0 Å². The Hall–Kier alpha value is -2.94. The number of carboxylic acid groups (broad SMARTS) is 1. The average Bonchev–Trinajstić information content (AvgIpc) is 3.08. The Morgan fingerprint density at radius 3 is 2.34 bits per heavy atom. The quantitative estimate of drug-likeness (QED) is 0.608. The summed E-state index contributed by atoms with van der Waals surface area (Å²) in [4.78, 5) is 26.9. The minimum Gasteiger partial charge on any atom is -0.475 e. The van der Waals surface area contributed by atoms with Crippen LogP contribution in [0.1, 0.15) is 27.3 Å². The maximum Gasteiger partial charge on any atom is 0.490 e. The number of rotatable bonds is 3. The molecule has 2 aliphatic rings. The Balaban J connectivity index is 0.000000505. The van der Waals surface area contributed by atoms with Crippen molar-refractivity contribution in [1.82, 2.24) is 19.8 Å². The van der Waals surface area contributed by atoms with E-state index in [9.17, 15) is 35.5 Å². The number of morpholine rings is 1. The number of aliphatic carboxylic acids is 1. The highest BCUT2D eigenvalue weighted by atomic mass is 19.4. The third-order valence-corrected chi connectivity index (χ3v) is 5.37. The van der Waals surface area contributed by atoms with Gasteiger partial charge in [-0.05, 0) is 25.9 Å². The number of fused-ring (bicyclic) bond motifs is 3. The SMILES string of the molecule is O=C(O)C(F)(F)F.[2H]C([2H])([2H])N1[C@@H]2COC[C@H]1CC(NC(=O)c1cn(CC(F)(F)F)c3ncc(F)cc13)C2. The third kappa shape index (κ3) is 6.60. The van der Waals surface area contributed by atoms with Crippen LogP contribution in [0.2, 0.25) is 0 Å². The molecule has 2 aromatic heterocycles. The lowest BCUT2D eigenvalue weighted by Crippen LogP contribution is -2.59. The Morgan fingerprint density at radius 1 is 1.23 bits per heavy atom. The van der Waals surface area contributed by atoms with Crippen molar-refractivity contribution in [2.24, 2.45) is 0 Å². The lowest BCUT2D eigenvalue weighted by Gasteiger charge is -2.46. The van der Waals surface area contributed by atoms with E-state index in [1.165, 1.54) is 4.90 Å². The Kier molecular flexibility index (Phi) is 6.41. The molecule has 2 aliphatic heterocycles. The first-order valence-corrected chi connectivity index (χ1v) is 10.0. The van der Waals surface area contributed by atoms with Crippen molar-refractivity contribution in [1.29, 1.82) is 0 Å². The maximum atomic E-state index is 13.7. The van der Waals surface area contributed by atoms with Gasteiger partial charge in [-0.3, -0.25) is 9.69 Å². The summed E-state index contributed by atoms with van der Waals surface area (Å²) in [5.41, 5.74) is -0.266. The van der Waals surface area contributed by atoms with E-state index < -0.39 is 61.7 Å². The number of piperidine rings is 1. The molecule has 2 fully saturated rings. The highest BCUT2D eigenvalue weighted by Crippen LogP contribution is 2.28. The molecule has 35 heavy (non-hydrogen) atoms. The number of nitrogens with zero attached hydrogens (tertiary/aromatic N) is 3. The first kappa shape index (κ1) is 22.5. The first-order valence-electron chi connectivity index (χ1n) is 11.5. The molecule has 2 N–H and O–H groups in total. The molecule has 1 unspecified atom stereocenters. The van der Waals surface area contributed by atoms with Crippen molar-refractivity contribution in [3.8, 4) is 0 Å². The number of alkyl halides is 6. The van der Waals surface area contributed by atoms with E-state index in [4.69, 9.17) is 18.8 Å².